The molecule has 0 radical (unpaired) electrons. The van der Waals surface area contributed by atoms with Gasteiger partial charge in [0.25, 0.3) is 0 Å². The summed E-state index contributed by atoms with van der Waals surface area (Å²) >= 11 is 3.22. The number of aromatic nitrogens is 3. The van der Waals surface area contributed by atoms with Gasteiger partial charge in [0.15, 0.2) is 5.75 Å². The molecule has 2 aromatic rings. The van der Waals surface area contributed by atoms with E-state index < -0.39 is 0 Å². The van der Waals surface area contributed by atoms with Gasteiger partial charge in [-0.05, 0) is 40.0 Å². The molecule has 0 aliphatic heterocycles. The van der Waals surface area contributed by atoms with Crippen molar-refractivity contribution in [2.45, 2.75) is 12.8 Å². The lowest BCUT2D eigenvalue weighted by Crippen LogP contribution is -2.09. The predicted molar refractivity (Wildman–Crippen MR) is 69.1 cm³/mol. The quantitative estimate of drug-likeness (QED) is 0.641. The lowest BCUT2D eigenvalue weighted by molar-refractivity contribution is -0.134. The van der Waals surface area contributed by atoms with Crippen molar-refractivity contribution in [3.05, 3.63) is 40.9 Å². The van der Waals surface area contributed by atoms with Crippen LogP contribution in [0.15, 0.2) is 35.3 Å². The number of halogens is 1. The fourth-order valence-electron chi connectivity index (χ4n) is 1.47. The second-order valence-electron chi connectivity index (χ2n) is 3.79. The first-order valence-corrected chi connectivity index (χ1v) is 6.23. The maximum absolute atomic E-state index is 11.6. The standard InChI is InChI=1S/C12H12BrN3O2/c1-16-8-9(7-15-16)4-5-11(17)18-10-3-2-6-14-12(10)13/h2-3,6-8H,4-5H2,1H3. The summed E-state index contributed by atoms with van der Waals surface area (Å²) in [6, 6.07) is 3.41. The number of esters is 1. The summed E-state index contributed by atoms with van der Waals surface area (Å²) in [5.74, 6) is 0.154. The lowest BCUT2D eigenvalue weighted by atomic mass is 10.2. The van der Waals surface area contributed by atoms with E-state index in [0.29, 0.717) is 23.2 Å². The summed E-state index contributed by atoms with van der Waals surface area (Å²) in [6.45, 7) is 0. The Labute approximate surface area is 113 Å². The van der Waals surface area contributed by atoms with E-state index in [1.807, 2.05) is 13.2 Å². The first-order valence-electron chi connectivity index (χ1n) is 5.44. The van der Waals surface area contributed by atoms with E-state index in [1.165, 1.54) is 0 Å². The molecule has 0 N–H and O–H groups in total. The Morgan fingerprint density at radius 1 is 1.56 bits per heavy atom. The second-order valence-corrected chi connectivity index (χ2v) is 4.54. The molecule has 0 atom stereocenters. The average molecular weight is 310 g/mol. The smallest absolute Gasteiger partial charge is 0.311 e. The molecule has 2 heterocycles. The fourth-order valence-corrected chi connectivity index (χ4v) is 1.80. The molecule has 0 aromatic carbocycles. The van der Waals surface area contributed by atoms with Gasteiger partial charge in [0, 0.05) is 19.4 Å². The summed E-state index contributed by atoms with van der Waals surface area (Å²) in [5, 5.41) is 4.04. The zero-order chi connectivity index (χ0) is 13.0. The maximum Gasteiger partial charge on any atom is 0.311 e. The number of hydrogen-bond acceptors (Lipinski definition) is 4. The van der Waals surface area contributed by atoms with Crippen LogP contribution in [0.3, 0.4) is 0 Å². The second kappa shape index (κ2) is 5.77. The highest BCUT2D eigenvalue weighted by molar-refractivity contribution is 9.10. The third kappa shape index (κ3) is 3.40. The molecule has 0 fully saturated rings. The highest BCUT2D eigenvalue weighted by atomic mass is 79.9. The molecule has 6 heteroatoms. The minimum absolute atomic E-state index is 0.285. The van der Waals surface area contributed by atoms with E-state index >= 15 is 0 Å². The van der Waals surface area contributed by atoms with Crippen LogP contribution in [-0.2, 0) is 18.3 Å². The van der Waals surface area contributed by atoms with Crippen molar-refractivity contribution >= 4 is 21.9 Å². The normalized spacial score (nSPS) is 10.3. The van der Waals surface area contributed by atoms with Crippen LogP contribution in [0.2, 0.25) is 0 Å². The summed E-state index contributed by atoms with van der Waals surface area (Å²) in [4.78, 5) is 15.6. The number of aryl methyl sites for hydroxylation is 2. The summed E-state index contributed by atoms with van der Waals surface area (Å²) < 4.78 is 7.43. The van der Waals surface area contributed by atoms with Gasteiger partial charge in [-0.2, -0.15) is 5.10 Å². The first-order chi connectivity index (χ1) is 8.65. The van der Waals surface area contributed by atoms with Crippen molar-refractivity contribution in [3.63, 3.8) is 0 Å². The van der Waals surface area contributed by atoms with Gasteiger partial charge in [-0.1, -0.05) is 0 Å². The summed E-state index contributed by atoms with van der Waals surface area (Å²) in [7, 11) is 1.84. The largest absolute Gasteiger partial charge is 0.424 e. The van der Waals surface area contributed by atoms with Crippen molar-refractivity contribution in [1.29, 1.82) is 0 Å². The van der Waals surface area contributed by atoms with Crippen LogP contribution in [-0.4, -0.2) is 20.7 Å². The predicted octanol–water partition coefficient (Wildman–Crippen LogP) is 2.12. The van der Waals surface area contributed by atoms with Crippen LogP contribution < -0.4 is 4.74 Å². The third-order valence-electron chi connectivity index (χ3n) is 2.32. The Hall–Kier alpha value is -1.69. The summed E-state index contributed by atoms with van der Waals surface area (Å²) in [5.41, 5.74) is 1.01. The molecule has 0 amide bonds. The molecule has 0 saturated carbocycles. The SMILES string of the molecule is Cn1cc(CCC(=O)Oc2cccnc2Br)cn1. The van der Waals surface area contributed by atoms with Crippen LogP contribution in [0.4, 0.5) is 0 Å². The minimum atomic E-state index is -0.285. The first kappa shape index (κ1) is 12.8. The van der Waals surface area contributed by atoms with E-state index in [4.69, 9.17) is 4.74 Å². The Kier molecular flexibility index (Phi) is 4.09. The van der Waals surface area contributed by atoms with Crippen molar-refractivity contribution in [2.75, 3.05) is 0 Å². The van der Waals surface area contributed by atoms with E-state index in [1.54, 1.807) is 29.2 Å². The topological polar surface area (TPSA) is 57.0 Å². The van der Waals surface area contributed by atoms with E-state index in [2.05, 4.69) is 26.0 Å². The molecule has 18 heavy (non-hydrogen) atoms. The number of carbonyl (C=O) groups is 1. The molecule has 2 rings (SSSR count). The molecular weight excluding hydrogens is 298 g/mol. The third-order valence-corrected chi connectivity index (χ3v) is 2.92. The van der Waals surface area contributed by atoms with Crippen molar-refractivity contribution in [3.8, 4) is 5.75 Å². The van der Waals surface area contributed by atoms with Gasteiger partial charge in [-0.3, -0.25) is 9.48 Å². The fraction of sp³-hybridized carbons (Fsp3) is 0.250. The Morgan fingerprint density at radius 3 is 3.06 bits per heavy atom. The van der Waals surface area contributed by atoms with E-state index in [9.17, 15) is 4.79 Å². The van der Waals surface area contributed by atoms with Gasteiger partial charge >= 0.3 is 5.97 Å². The molecule has 0 unspecified atom stereocenters. The molecule has 94 valence electrons. The maximum atomic E-state index is 11.6. The number of hydrogen-bond donors (Lipinski definition) is 0. The molecule has 0 bridgehead atoms. The zero-order valence-electron chi connectivity index (χ0n) is 9.84. The highest BCUT2D eigenvalue weighted by Gasteiger charge is 2.09. The summed E-state index contributed by atoms with van der Waals surface area (Å²) in [6.07, 6.45) is 6.18. The van der Waals surface area contributed by atoms with E-state index in [-0.39, 0.29) is 5.97 Å². The monoisotopic (exact) mass is 309 g/mol. The van der Waals surface area contributed by atoms with Gasteiger partial charge in [0.1, 0.15) is 4.60 Å². The molecule has 0 aliphatic carbocycles. The number of pyridine rings is 1. The Balaban J connectivity index is 1.88. The van der Waals surface area contributed by atoms with Crippen LogP contribution in [0.5, 0.6) is 5.75 Å². The number of carbonyl (C=O) groups excluding carboxylic acids is 1. The van der Waals surface area contributed by atoms with Crippen molar-refractivity contribution in [2.24, 2.45) is 7.05 Å². The number of nitrogens with zero attached hydrogens (tertiary/aromatic N) is 3. The molecule has 0 saturated heterocycles. The van der Waals surface area contributed by atoms with Crippen molar-refractivity contribution in [1.82, 2.24) is 14.8 Å². The van der Waals surface area contributed by atoms with E-state index in [0.717, 1.165) is 5.56 Å². The van der Waals surface area contributed by atoms with Crippen LogP contribution in [0, 0.1) is 0 Å². The van der Waals surface area contributed by atoms with Crippen molar-refractivity contribution < 1.29 is 9.53 Å². The van der Waals surface area contributed by atoms with Gasteiger partial charge in [0.2, 0.25) is 0 Å². The van der Waals surface area contributed by atoms with Crippen LogP contribution in [0.1, 0.15) is 12.0 Å². The van der Waals surface area contributed by atoms with Gasteiger partial charge in [0.05, 0.1) is 12.6 Å². The zero-order valence-corrected chi connectivity index (χ0v) is 11.4. The van der Waals surface area contributed by atoms with Crippen LogP contribution in [0.25, 0.3) is 0 Å². The molecule has 5 nitrogen and oxygen atoms in total. The Bertz CT molecular complexity index is 554. The van der Waals surface area contributed by atoms with Crippen LogP contribution >= 0.6 is 15.9 Å². The number of rotatable bonds is 4. The average Bonchev–Trinajstić information content (AvgIpc) is 2.76. The van der Waals surface area contributed by atoms with Gasteiger partial charge in [-0.25, -0.2) is 4.98 Å². The Morgan fingerprint density at radius 2 is 2.39 bits per heavy atom. The highest BCUT2D eigenvalue weighted by Crippen LogP contribution is 2.21. The lowest BCUT2D eigenvalue weighted by Gasteiger charge is -2.04. The molecule has 0 aliphatic rings. The van der Waals surface area contributed by atoms with Gasteiger partial charge in [-0.15, -0.1) is 0 Å². The molecular formula is C12H12BrN3O2. The molecule has 2 aromatic heterocycles. The van der Waals surface area contributed by atoms with Gasteiger partial charge < -0.3 is 4.74 Å². The minimum Gasteiger partial charge on any atom is -0.424 e. The number of ether oxygens (including phenoxy) is 1. The molecule has 0 spiro atoms.